The molecule has 0 aromatic heterocycles. The number of rotatable bonds is 8. The van der Waals surface area contributed by atoms with E-state index in [1.165, 1.54) is 58.0 Å². The van der Waals surface area contributed by atoms with Crippen molar-refractivity contribution in [3.8, 4) is 0 Å². The molecule has 1 N–H and O–H groups in total. The van der Waals surface area contributed by atoms with E-state index in [2.05, 4.69) is 37.9 Å². The van der Waals surface area contributed by atoms with E-state index in [0.29, 0.717) is 11.6 Å². The molecule has 0 aromatic rings. The van der Waals surface area contributed by atoms with Crippen molar-refractivity contribution < 1.29 is 0 Å². The van der Waals surface area contributed by atoms with Gasteiger partial charge in [-0.2, -0.15) is 0 Å². The third-order valence-electron chi connectivity index (χ3n) is 4.27. The summed E-state index contributed by atoms with van der Waals surface area (Å²) in [6.45, 7) is 12.9. The lowest BCUT2D eigenvalue weighted by molar-refractivity contribution is 0.0684. The first kappa shape index (κ1) is 16.0. The Morgan fingerprint density at radius 1 is 1.06 bits per heavy atom. The monoisotopic (exact) mass is 254 g/mol. The van der Waals surface area contributed by atoms with Gasteiger partial charge in [-0.15, -0.1) is 0 Å². The summed E-state index contributed by atoms with van der Waals surface area (Å²) in [6.07, 6.45) is 9.87. The van der Waals surface area contributed by atoms with Gasteiger partial charge in [-0.05, 0) is 33.7 Å². The van der Waals surface area contributed by atoms with Crippen molar-refractivity contribution in [2.45, 2.75) is 84.2 Å². The van der Waals surface area contributed by atoms with E-state index in [9.17, 15) is 0 Å². The number of hydrogen-bond donors (Lipinski definition) is 1. The first-order chi connectivity index (χ1) is 8.56. The van der Waals surface area contributed by atoms with E-state index in [0.717, 1.165) is 6.54 Å². The SMILES string of the molecule is CCCCCCCCCN1CC(C)NCC1(C)C. The van der Waals surface area contributed by atoms with Crippen LogP contribution < -0.4 is 5.32 Å². The van der Waals surface area contributed by atoms with Crippen LogP contribution in [0.25, 0.3) is 0 Å². The second kappa shape index (κ2) is 8.16. The van der Waals surface area contributed by atoms with Crippen molar-refractivity contribution in [3.05, 3.63) is 0 Å². The fourth-order valence-corrected chi connectivity index (χ4v) is 2.83. The third-order valence-corrected chi connectivity index (χ3v) is 4.27. The Kier molecular flexibility index (Phi) is 7.25. The van der Waals surface area contributed by atoms with Crippen LogP contribution in [0, 0.1) is 0 Å². The highest BCUT2D eigenvalue weighted by atomic mass is 15.3. The highest BCUT2D eigenvalue weighted by molar-refractivity contribution is 4.91. The predicted molar refractivity (Wildman–Crippen MR) is 81.1 cm³/mol. The van der Waals surface area contributed by atoms with Gasteiger partial charge < -0.3 is 5.32 Å². The molecule has 1 rings (SSSR count). The van der Waals surface area contributed by atoms with Gasteiger partial charge in [0.15, 0.2) is 0 Å². The van der Waals surface area contributed by atoms with Crippen LogP contribution in [0.15, 0.2) is 0 Å². The van der Waals surface area contributed by atoms with Crippen molar-refractivity contribution in [1.29, 1.82) is 0 Å². The van der Waals surface area contributed by atoms with Gasteiger partial charge in [0, 0.05) is 24.7 Å². The first-order valence-corrected chi connectivity index (χ1v) is 8.04. The van der Waals surface area contributed by atoms with Crippen molar-refractivity contribution in [2.75, 3.05) is 19.6 Å². The van der Waals surface area contributed by atoms with E-state index in [4.69, 9.17) is 0 Å². The van der Waals surface area contributed by atoms with Gasteiger partial charge in [-0.3, -0.25) is 4.90 Å². The molecule has 0 saturated carbocycles. The maximum absolute atomic E-state index is 3.59. The summed E-state index contributed by atoms with van der Waals surface area (Å²) < 4.78 is 0. The van der Waals surface area contributed by atoms with Crippen LogP contribution in [0.2, 0.25) is 0 Å². The van der Waals surface area contributed by atoms with Crippen LogP contribution in [0.3, 0.4) is 0 Å². The molecule has 1 unspecified atom stereocenters. The van der Waals surface area contributed by atoms with Gasteiger partial charge in [0.25, 0.3) is 0 Å². The largest absolute Gasteiger partial charge is 0.311 e. The fourth-order valence-electron chi connectivity index (χ4n) is 2.83. The van der Waals surface area contributed by atoms with E-state index in [1.54, 1.807) is 0 Å². The standard InChI is InChI=1S/C16H34N2/c1-5-6-7-8-9-10-11-12-18-13-15(2)17-14-16(18,3)4/h15,17H,5-14H2,1-4H3. The topological polar surface area (TPSA) is 15.3 Å². The minimum absolute atomic E-state index is 0.342. The average Bonchev–Trinajstić information content (AvgIpc) is 2.32. The van der Waals surface area contributed by atoms with Crippen LogP contribution in [0.4, 0.5) is 0 Å². The van der Waals surface area contributed by atoms with Gasteiger partial charge in [0.2, 0.25) is 0 Å². The highest BCUT2D eigenvalue weighted by Crippen LogP contribution is 2.19. The quantitative estimate of drug-likeness (QED) is 0.663. The highest BCUT2D eigenvalue weighted by Gasteiger charge is 2.31. The van der Waals surface area contributed by atoms with Gasteiger partial charge in [-0.1, -0.05) is 45.4 Å². The minimum atomic E-state index is 0.342. The van der Waals surface area contributed by atoms with Crippen molar-refractivity contribution >= 4 is 0 Å². The molecule has 0 bridgehead atoms. The molecule has 2 nitrogen and oxygen atoms in total. The van der Waals surface area contributed by atoms with Gasteiger partial charge >= 0.3 is 0 Å². The number of nitrogens with zero attached hydrogens (tertiary/aromatic N) is 1. The molecule has 0 radical (unpaired) electrons. The third kappa shape index (κ3) is 5.71. The van der Waals surface area contributed by atoms with E-state index in [1.807, 2.05) is 0 Å². The maximum Gasteiger partial charge on any atom is 0.0278 e. The summed E-state index contributed by atoms with van der Waals surface area (Å²) >= 11 is 0. The summed E-state index contributed by atoms with van der Waals surface area (Å²) in [7, 11) is 0. The summed E-state index contributed by atoms with van der Waals surface area (Å²) in [6, 6.07) is 0.655. The molecular formula is C16H34N2. The Balaban J connectivity index is 2.09. The van der Waals surface area contributed by atoms with Crippen LogP contribution in [0.5, 0.6) is 0 Å². The summed E-state index contributed by atoms with van der Waals surface area (Å²) in [5.74, 6) is 0. The van der Waals surface area contributed by atoms with Crippen LogP contribution >= 0.6 is 0 Å². The summed E-state index contributed by atoms with van der Waals surface area (Å²) in [5.41, 5.74) is 0.342. The zero-order valence-electron chi connectivity index (χ0n) is 13.1. The molecule has 1 heterocycles. The Hall–Kier alpha value is -0.0800. The number of piperazine rings is 1. The average molecular weight is 254 g/mol. The second-order valence-corrected chi connectivity index (χ2v) is 6.66. The Labute approximate surface area is 115 Å². The predicted octanol–water partition coefficient (Wildman–Crippen LogP) is 3.81. The molecule has 18 heavy (non-hydrogen) atoms. The lowest BCUT2D eigenvalue weighted by atomic mass is 9.97. The number of hydrogen-bond acceptors (Lipinski definition) is 2. The number of unbranched alkanes of at least 4 members (excludes halogenated alkanes) is 6. The zero-order valence-corrected chi connectivity index (χ0v) is 13.1. The van der Waals surface area contributed by atoms with E-state index in [-0.39, 0.29) is 0 Å². The van der Waals surface area contributed by atoms with Crippen LogP contribution in [-0.2, 0) is 0 Å². The molecule has 2 heteroatoms. The summed E-state index contributed by atoms with van der Waals surface area (Å²) in [4.78, 5) is 2.68. The van der Waals surface area contributed by atoms with Gasteiger partial charge in [0.1, 0.15) is 0 Å². The van der Waals surface area contributed by atoms with Gasteiger partial charge in [0.05, 0.1) is 0 Å². The summed E-state index contributed by atoms with van der Waals surface area (Å²) in [5, 5.41) is 3.59. The Morgan fingerprint density at radius 3 is 2.33 bits per heavy atom. The Bertz CT molecular complexity index is 213. The fraction of sp³-hybridized carbons (Fsp3) is 1.00. The minimum Gasteiger partial charge on any atom is -0.311 e. The molecule has 0 aromatic carbocycles. The Morgan fingerprint density at radius 2 is 1.67 bits per heavy atom. The molecule has 1 aliphatic heterocycles. The smallest absolute Gasteiger partial charge is 0.0278 e. The lowest BCUT2D eigenvalue weighted by Gasteiger charge is -2.45. The second-order valence-electron chi connectivity index (χ2n) is 6.66. The van der Waals surface area contributed by atoms with E-state index < -0.39 is 0 Å². The lowest BCUT2D eigenvalue weighted by Crippen LogP contribution is -2.61. The van der Waals surface area contributed by atoms with Crippen LogP contribution in [0.1, 0.15) is 72.6 Å². The zero-order chi connectivity index (χ0) is 13.4. The van der Waals surface area contributed by atoms with E-state index >= 15 is 0 Å². The molecule has 1 atom stereocenters. The molecule has 0 aliphatic carbocycles. The molecule has 1 aliphatic rings. The molecule has 0 spiro atoms. The van der Waals surface area contributed by atoms with Crippen molar-refractivity contribution in [3.63, 3.8) is 0 Å². The van der Waals surface area contributed by atoms with Crippen molar-refractivity contribution in [1.82, 2.24) is 10.2 Å². The number of nitrogens with one attached hydrogen (secondary N) is 1. The molecule has 1 saturated heterocycles. The van der Waals surface area contributed by atoms with Crippen molar-refractivity contribution in [2.24, 2.45) is 0 Å². The molecule has 0 amide bonds. The molecular weight excluding hydrogens is 220 g/mol. The van der Waals surface area contributed by atoms with Gasteiger partial charge in [-0.25, -0.2) is 0 Å². The normalized spacial score (nSPS) is 24.3. The van der Waals surface area contributed by atoms with Crippen LogP contribution in [-0.4, -0.2) is 36.1 Å². The maximum atomic E-state index is 3.59. The molecule has 108 valence electrons. The first-order valence-electron chi connectivity index (χ1n) is 8.04. The molecule has 1 fully saturated rings.